The molecule has 5 heteroatoms. The maximum absolute atomic E-state index is 11.9. The Labute approximate surface area is 101 Å². The number of hydrogen-bond donors (Lipinski definition) is 2. The molecule has 1 fully saturated rings. The first-order valence-electron chi connectivity index (χ1n) is 5.86. The zero-order valence-electron chi connectivity index (χ0n) is 10.0. The average molecular weight is 234 g/mol. The second-order valence-corrected chi connectivity index (χ2v) is 4.49. The standard InChI is InChI=1S/C12H18N4O/c1-16-7-4-9(5-8-16)15-12(17)11-10(13)3-2-6-14-11/h2-3,6,9H,4-5,7-8,13H2,1H3,(H,15,17). The maximum atomic E-state index is 11.9. The molecule has 1 saturated heterocycles. The first-order valence-corrected chi connectivity index (χ1v) is 5.86. The Bertz CT molecular complexity index is 399. The molecule has 92 valence electrons. The zero-order chi connectivity index (χ0) is 12.3. The molecule has 5 nitrogen and oxygen atoms in total. The molecule has 1 aromatic heterocycles. The minimum Gasteiger partial charge on any atom is -0.397 e. The van der Waals surface area contributed by atoms with E-state index in [9.17, 15) is 4.79 Å². The average Bonchev–Trinajstić information content (AvgIpc) is 2.32. The van der Waals surface area contributed by atoms with Crippen molar-refractivity contribution in [2.75, 3.05) is 25.9 Å². The summed E-state index contributed by atoms with van der Waals surface area (Å²) in [6, 6.07) is 3.65. The lowest BCUT2D eigenvalue weighted by molar-refractivity contribution is 0.0913. The largest absolute Gasteiger partial charge is 0.397 e. The van der Waals surface area contributed by atoms with E-state index in [4.69, 9.17) is 5.73 Å². The molecule has 0 atom stereocenters. The van der Waals surface area contributed by atoms with Gasteiger partial charge in [0.2, 0.25) is 0 Å². The number of nitrogens with zero attached hydrogens (tertiary/aromatic N) is 2. The molecule has 1 amide bonds. The summed E-state index contributed by atoms with van der Waals surface area (Å²) in [5.41, 5.74) is 6.47. The molecular formula is C12H18N4O. The van der Waals surface area contributed by atoms with E-state index in [2.05, 4.69) is 22.2 Å². The van der Waals surface area contributed by atoms with Crippen LogP contribution in [0.4, 0.5) is 5.69 Å². The third-order valence-electron chi connectivity index (χ3n) is 3.11. The van der Waals surface area contributed by atoms with Crippen LogP contribution < -0.4 is 11.1 Å². The highest BCUT2D eigenvalue weighted by molar-refractivity contribution is 5.97. The van der Waals surface area contributed by atoms with Gasteiger partial charge in [-0.1, -0.05) is 0 Å². The SMILES string of the molecule is CN1CCC(NC(=O)c2ncccc2N)CC1. The van der Waals surface area contributed by atoms with Crippen LogP contribution in [0.1, 0.15) is 23.3 Å². The van der Waals surface area contributed by atoms with Gasteiger partial charge in [0, 0.05) is 12.2 Å². The molecule has 0 spiro atoms. The molecule has 0 aromatic carbocycles. The molecule has 3 N–H and O–H groups in total. The van der Waals surface area contributed by atoms with Gasteiger partial charge in [0.15, 0.2) is 5.69 Å². The van der Waals surface area contributed by atoms with Gasteiger partial charge in [0.05, 0.1) is 5.69 Å². The van der Waals surface area contributed by atoms with E-state index in [1.165, 1.54) is 0 Å². The van der Waals surface area contributed by atoms with Crippen LogP contribution in [0, 0.1) is 0 Å². The quantitative estimate of drug-likeness (QED) is 0.781. The van der Waals surface area contributed by atoms with Crippen molar-refractivity contribution in [3.8, 4) is 0 Å². The van der Waals surface area contributed by atoms with Gasteiger partial charge < -0.3 is 16.0 Å². The summed E-state index contributed by atoms with van der Waals surface area (Å²) in [6.07, 6.45) is 3.55. The summed E-state index contributed by atoms with van der Waals surface area (Å²) in [5.74, 6) is -0.169. The molecule has 1 aromatic rings. The van der Waals surface area contributed by atoms with Crippen LogP contribution in [-0.4, -0.2) is 42.0 Å². The van der Waals surface area contributed by atoms with E-state index in [1.54, 1.807) is 18.3 Å². The molecule has 2 rings (SSSR count). The van der Waals surface area contributed by atoms with Crippen LogP contribution in [0.2, 0.25) is 0 Å². The number of nitrogens with one attached hydrogen (secondary N) is 1. The fourth-order valence-corrected chi connectivity index (χ4v) is 2.01. The van der Waals surface area contributed by atoms with E-state index < -0.39 is 0 Å². The Balaban J connectivity index is 1.96. The molecule has 0 aliphatic carbocycles. The summed E-state index contributed by atoms with van der Waals surface area (Å²) < 4.78 is 0. The highest BCUT2D eigenvalue weighted by Crippen LogP contribution is 2.11. The molecule has 1 aliphatic rings. The van der Waals surface area contributed by atoms with E-state index in [1.807, 2.05) is 0 Å². The summed E-state index contributed by atoms with van der Waals surface area (Å²) in [4.78, 5) is 18.2. The van der Waals surface area contributed by atoms with E-state index in [0.717, 1.165) is 25.9 Å². The highest BCUT2D eigenvalue weighted by atomic mass is 16.2. The lowest BCUT2D eigenvalue weighted by atomic mass is 10.1. The van der Waals surface area contributed by atoms with Crippen molar-refractivity contribution in [3.05, 3.63) is 24.0 Å². The molecule has 0 radical (unpaired) electrons. The smallest absolute Gasteiger partial charge is 0.272 e. The van der Waals surface area contributed by atoms with E-state index in [0.29, 0.717) is 11.4 Å². The summed E-state index contributed by atoms with van der Waals surface area (Å²) >= 11 is 0. The fraction of sp³-hybridized carbons (Fsp3) is 0.500. The number of likely N-dealkylation sites (tertiary alicyclic amines) is 1. The lowest BCUT2D eigenvalue weighted by Crippen LogP contribution is -2.43. The van der Waals surface area contributed by atoms with Gasteiger partial charge in [-0.3, -0.25) is 4.79 Å². The maximum Gasteiger partial charge on any atom is 0.272 e. The fourth-order valence-electron chi connectivity index (χ4n) is 2.01. The zero-order valence-corrected chi connectivity index (χ0v) is 10.0. The lowest BCUT2D eigenvalue weighted by Gasteiger charge is -2.29. The third-order valence-corrected chi connectivity index (χ3v) is 3.11. The number of pyridine rings is 1. The third kappa shape index (κ3) is 2.94. The predicted octanol–water partition coefficient (Wildman–Crippen LogP) is 0.488. The molecular weight excluding hydrogens is 216 g/mol. The van der Waals surface area contributed by atoms with Crippen molar-refractivity contribution in [3.63, 3.8) is 0 Å². The summed E-state index contributed by atoms with van der Waals surface area (Å²) in [7, 11) is 2.09. The Morgan fingerprint density at radius 2 is 2.24 bits per heavy atom. The van der Waals surface area contributed by atoms with Crippen molar-refractivity contribution >= 4 is 11.6 Å². The van der Waals surface area contributed by atoms with Gasteiger partial charge in [-0.25, -0.2) is 4.98 Å². The molecule has 17 heavy (non-hydrogen) atoms. The van der Waals surface area contributed by atoms with Crippen molar-refractivity contribution < 1.29 is 4.79 Å². The number of rotatable bonds is 2. The number of amides is 1. The summed E-state index contributed by atoms with van der Waals surface area (Å²) in [5, 5.41) is 2.99. The van der Waals surface area contributed by atoms with Crippen LogP contribution in [0.25, 0.3) is 0 Å². The first-order chi connectivity index (χ1) is 8.16. The number of anilines is 1. The number of nitrogen functional groups attached to an aromatic ring is 1. The van der Waals surface area contributed by atoms with Crippen LogP contribution in [0.5, 0.6) is 0 Å². The van der Waals surface area contributed by atoms with Crippen LogP contribution in [0.3, 0.4) is 0 Å². The second-order valence-electron chi connectivity index (χ2n) is 4.49. The number of aromatic nitrogens is 1. The monoisotopic (exact) mass is 234 g/mol. The minimum absolute atomic E-state index is 0.169. The van der Waals surface area contributed by atoms with Gasteiger partial charge in [-0.2, -0.15) is 0 Å². The van der Waals surface area contributed by atoms with Crippen molar-refractivity contribution in [2.45, 2.75) is 18.9 Å². The minimum atomic E-state index is -0.169. The number of nitrogens with two attached hydrogens (primary N) is 1. The molecule has 1 aliphatic heterocycles. The van der Waals surface area contributed by atoms with Gasteiger partial charge in [-0.15, -0.1) is 0 Å². The number of piperidine rings is 1. The van der Waals surface area contributed by atoms with Crippen molar-refractivity contribution in [1.29, 1.82) is 0 Å². The Morgan fingerprint density at radius 3 is 2.88 bits per heavy atom. The Kier molecular flexibility index (Phi) is 3.58. The van der Waals surface area contributed by atoms with Crippen molar-refractivity contribution in [1.82, 2.24) is 15.2 Å². The molecule has 2 heterocycles. The van der Waals surface area contributed by atoms with Crippen LogP contribution >= 0.6 is 0 Å². The summed E-state index contributed by atoms with van der Waals surface area (Å²) in [6.45, 7) is 2.03. The van der Waals surface area contributed by atoms with Gasteiger partial charge in [0.25, 0.3) is 5.91 Å². The van der Waals surface area contributed by atoms with E-state index >= 15 is 0 Å². The number of carbonyl (C=O) groups is 1. The molecule has 0 unspecified atom stereocenters. The van der Waals surface area contributed by atoms with Crippen LogP contribution in [-0.2, 0) is 0 Å². The van der Waals surface area contributed by atoms with Gasteiger partial charge in [0.1, 0.15) is 0 Å². The Morgan fingerprint density at radius 1 is 1.53 bits per heavy atom. The van der Waals surface area contributed by atoms with Gasteiger partial charge in [-0.05, 0) is 45.1 Å². The number of hydrogen-bond acceptors (Lipinski definition) is 4. The number of carbonyl (C=O) groups excluding carboxylic acids is 1. The van der Waals surface area contributed by atoms with Crippen LogP contribution in [0.15, 0.2) is 18.3 Å². The molecule has 0 saturated carbocycles. The van der Waals surface area contributed by atoms with Gasteiger partial charge >= 0.3 is 0 Å². The second kappa shape index (κ2) is 5.14. The Hall–Kier alpha value is -1.62. The predicted molar refractivity (Wildman–Crippen MR) is 66.6 cm³/mol. The van der Waals surface area contributed by atoms with Crippen molar-refractivity contribution in [2.24, 2.45) is 0 Å². The topological polar surface area (TPSA) is 71.2 Å². The highest BCUT2D eigenvalue weighted by Gasteiger charge is 2.20. The normalized spacial score (nSPS) is 17.9. The molecule has 0 bridgehead atoms. The van der Waals surface area contributed by atoms with E-state index in [-0.39, 0.29) is 11.9 Å². The first kappa shape index (κ1) is 11.9.